The summed E-state index contributed by atoms with van der Waals surface area (Å²) >= 11 is 3.25. The molecule has 0 unspecified atom stereocenters. The predicted octanol–water partition coefficient (Wildman–Crippen LogP) is 0.927. The van der Waals surface area contributed by atoms with Crippen LogP contribution in [0.4, 0.5) is 5.82 Å². The average molecular weight is 257 g/mol. The Kier molecular flexibility index (Phi) is 4.16. The van der Waals surface area contributed by atoms with E-state index in [0.717, 1.165) is 0 Å². The summed E-state index contributed by atoms with van der Waals surface area (Å²) in [4.78, 5) is 7.79. The van der Waals surface area contributed by atoms with Crippen molar-refractivity contribution in [2.24, 2.45) is 5.84 Å². The molecule has 1 rings (SSSR count). The first-order valence-electron chi connectivity index (χ1n) is 3.83. The summed E-state index contributed by atoms with van der Waals surface area (Å²) in [6.45, 7) is 0.413. The highest BCUT2D eigenvalue weighted by atomic mass is 79.9. The van der Waals surface area contributed by atoms with Crippen LogP contribution in [0.2, 0.25) is 0 Å². The van der Waals surface area contributed by atoms with Crippen molar-refractivity contribution in [3.8, 4) is 18.2 Å². The third-order valence-corrected chi connectivity index (χ3v) is 2.09. The number of hydrogen-bond acceptors (Lipinski definition) is 5. The molecular weight excluding hydrogens is 248 g/mol. The van der Waals surface area contributed by atoms with Gasteiger partial charge in [0.05, 0.1) is 0 Å². The second kappa shape index (κ2) is 5.42. The van der Waals surface area contributed by atoms with Gasteiger partial charge in [-0.2, -0.15) is 0 Å². The second-order valence-electron chi connectivity index (χ2n) is 2.29. The van der Waals surface area contributed by atoms with E-state index in [1.54, 1.807) is 0 Å². The molecule has 5 nitrogen and oxygen atoms in total. The first kappa shape index (κ1) is 10.8. The van der Waals surface area contributed by atoms with Gasteiger partial charge in [-0.25, -0.2) is 15.8 Å². The molecule has 0 saturated heterocycles. The molecule has 0 aliphatic carbocycles. The van der Waals surface area contributed by atoms with Crippen molar-refractivity contribution < 1.29 is 4.74 Å². The standard InChI is InChI=1S/C8H9BrN4O/c1-2-3-4-14-8-6(9)7(13-10)11-5-12-8/h1,5H,3-4,10H2,(H,11,12,13). The molecule has 14 heavy (non-hydrogen) atoms. The minimum Gasteiger partial charge on any atom is -0.476 e. The summed E-state index contributed by atoms with van der Waals surface area (Å²) in [7, 11) is 0. The van der Waals surface area contributed by atoms with Gasteiger partial charge in [0.25, 0.3) is 0 Å². The number of hydrogen-bond donors (Lipinski definition) is 2. The van der Waals surface area contributed by atoms with Gasteiger partial charge >= 0.3 is 0 Å². The van der Waals surface area contributed by atoms with E-state index in [9.17, 15) is 0 Å². The third-order valence-electron chi connectivity index (χ3n) is 1.38. The molecule has 0 fully saturated rings. The molecule has 0 aliphatic rings. The molecule has 0 spiro atoms. The van der Waals surface area contributed by atoms with E-state index in [1.165, 1.54) is 6.33 Å². The fraction of sp³-hybridized carbons (Fsp3) is 0.250. The van der Waals surface area contributed by atoms with E-state index < -0.39 is 0 Å². The fourth-order valence-corrected chi connectivity index (χ4v) is 1.20. The van der Waals surface area contributed by atoms with Crippen LogP contribution in [0.25, 0.3) is 0 Å². The molecule has 0 aliphatic heterocycles. The van der Waals surface area contributed by atoms with Crippen molar-refractivity contribution in [2.75, 3.05) is 12.0 Å². The van der Waals surface area contributed by atoms with Crippen molar-refractivity contribution in [3.63, 3.8) is 0 Å². The van der Waals surface area contributed by atoms with Gasteiger partial charge in [-0.1, -0.05) is 0 Å². The lowest BCUT2D eigenvalue weighted by Gasteiger charge is -2.07. The van der Waals surface area contributed by atoms with Crippen LogP contribution in [0, 0.1) is 12.3 Å². The molecule has 0 saturated carbocycles. The van der Waals surface area contributed by atoms with Gasteiger partial charge in [-0.3, -0.25) is 0 Å². The van der Waals surface area contributed by atoms with E-state index >= 15 is 0 Å². The van der Waals surface area contributed by atoms with E-state index in [-0.39, 0.29) is 0 Å². The summed E-state index contributed by atoms with van der Waals surface area (Å²) in [5.74, 6) is 8.57. The number of terminal acetylenes is 1. The normalized spacial score (nSPS) is 9.21. The molecule has 3 N–H and O–H groups in total. The van der Waals surface area contributed by atoms with Gasteiger partial charge in [-0.05, 0) is 15.9 Å². The number of aromatic nitrogens is 2. The maximum Gasteiger partial charge on any atom is 0.233 e. The molecule has 0 radical (unpaired) electrons. The Bertz CT molecular complexity index is 350. The number of nitrogens with zero attached hydrogens (tertiary/aromatic N) is 2. The van der Waals surface area contributed by atoms with Crippen LogP contribution in [-0.2, 0) is 0 Å². The van der Waals surface area contributed by atoms with Gasteiger partial charge in [0.15, 0.2) is 5.82 Å². The zero-order valence-corrected chi connectivity index (χ0v) is 8.91. The highest BCUT2D eigenvalue weighted by molar-refractivity contribution is 9.10. The molecule has 1 heterocycles. The number of halogens is 1. The number of hydrazine groups is 1. The Morgan fingerprint density at radius 3 is 3.07 bits per heavy atom. The SMILES string of the molecule is C#CCCOc1ncnc(NN)c1Br. The van der Waals surface area contributed by atoms with Crippen LogP contribution in [0.3, 0.4) is 0 Å². The summed E-state index contributed by atoms with van der Waals surface area (Å²) in [5.41, 5.74) is 2.41. The second-order valence-corrected chi connectivity index (χ2v) is 3.08. The third kappa shape index (κ3) is 2.58. The number of ether oxygens (including phenoxy) is 1. The highest BCUT2D eigenvalue weighted by Gasteiger charge is 2.07. The fourth-order valence-electron chi connectivity index (χ4n) is 0.762. The number of nitrogen functional groups attached to an aromatic ring is 1. The van der Waals surface area contributed by atoms with Crippen LogP contribution >= 0.6 is 15.9 Å². The van der Waals surface area contributed by atoms with Crippen molar-refractivity contribution in [1.29, 1.82) is 0 Å². The zero-order chi connectivity index (χ0) is 10.4. The lowest BCUT2D eigenvalue weighted by atomic mass is 10.5. The maximum atomic E-state index is 5.28. The maximum absolute atomic E-state index is 5.28. The van der Waals surface area contributed by atoms with Gasteiger partial charge < -0.3 is 10.2 Å². The lowest BCUT2D eigenvalue weighted by molar-refractivity contribution is 0.312. The van der Waals surface area contributed by atoms with Crippen molar-refractivity contribution in [1.82, 2.24) is 9.97 Å². The Morgan fingerprint density at radius 1 is 1.64 bits per heavy atom. The predicted molar refractivity (Wildman–Crippen MR) is 56.5 cm³/mol. The molecule has 0 bridgehead atoms. The molecule has 1 aromatic rings. The number of anilines is 1. The van der Waals surface area contributed by atoms with Crippen LogP contribution in [0.15, 0.2) is 10.8 Å². The van der Waals surface area contributed by atoms with Crippen molar-refractivity contribution in [2.45, 2.75) is 6.42 Å². The van der Waals surface area contributed by atoms with E-state index in [0.29, 0.717) is 29.2 Å². The molecule has 6 heteroatoms. The zero-order valence-electron chi connectivity index (χ0n) is 7.33. The quantitative estimate of drug-likeness (QED) is 0.363. The monoisotopic (exact) mass is 256 g/mol. The Balaban J connectivity index is 2.72. The van der Waals surface area contributed by atoms with Crippen LogP contribution in [0.5, 0.6) is 5.88 Å². The lowest BCUT2D eigenvalue weighted by Crippen LogP contribution is -2.10. The Morgan fingerprint density at radius 2 is 2.43 bits per heavy atom. The molecule has 0 atom stereocenters. The smallest absolute Gasteiger partial charge is 0.233 e. The molecule has 74 valence electrons. The molecular formula is C8H9BrN4O. The van der Waals surface area contributed by atoms with Gasteiger partial charge in [0.1, 0.15) is 17.4 Å². The summed E-state index contributed by atoms with van der Waals surface area (Å²) < 4.78 is 5.87. The van der Waals surface area contributed by atoms with Crippen LogP contribution in [0.1, 0.15) is 6.42 Å². The molecule has 0 aromatic carbocycles. The van der Waals surface area contributed by atoms with Gasteiger partial charge in [0, 0.05) is 6.42 Å². The summed E-state index contributed by atoms with van der Waals surface area (Å²) in [6.07, 6.45) is 6.96. The summed E-state index contributed by atoms with van der Waals surface area (Å²) in [6, 6.07) is 0. The van der Waals surface area contributed by atoms with Crippen LogP contribution in [-0.4, -0.2) is 16.6 Å². The highest BCUT2D eigenvalue weighted by Crippen LogP contribution is 2.27. The van der Waals surface area contributed by atoms with Gasteiger partial charge in [0.2, 0.25) is 5.88 Å². The van der Waals surface area contributed by atoms with E-state index in [1.807, 2.05) is 0 Å². The number of rotatable bonds is 4. The Hall–Kier alpha value is -1.32. The minimum absolute atomic E-state index is 0.413. The van der Waals surface area contributed by atoms with E-state index in [2.05, 4.69) is 37.2 Å². The topological polar surface area (TPSA) is 73.1 Å². The van der Waals surface area contributed by atoms with Crippen molar-refractivity contribution >= 4 is 21.7 Å². The molecule has 0 amide bonds. The first-order valence-corrected chi connectivity index (χ1v) is 4.62. The number of nitrogens with two attached hydrogens (primary N) is 1. The van der Waals surface area contributed by atoms with Crippen LogP contribution < -0.4 is 16.0 Å². The van der Waals surface area contributed by atoms with Gasteiger partial charge in [-0.15, -0.1) is 12.3 Å². The largest absolute Gasteiger partial charge is 0.476 e. The Labute approximate surface area is 90.2 Å². The van der Waals surface area contributed by atoms with Crippen molar-refractivity contribution in [3.05, 3.63) is 10.8 Å². The van der Waals surface area contributed by atoms with E-state index in [4.69, 9.17) is 17.0 Å². The summed E-state index contributed by atoms with van der Waals surface area (Å²) in [5, 5.41) is 0. The minimum atomic E-state index is 0.413. The first-order chi connectivity index (χ1) is 6.79. The molecule has 1 aromatic heterocycles. The average Bonchev–Trinajstić information content (AvgIpc) is 2.21. The number of nitrogens with one attached hydrogen (secondary N) is 1.